The molecule has 4 aromatic rings. The van der Waals surface area contributed by atoms with Crippen LogP contribution in [0.2, 0.25) is 0 Å². The molecule has 4 rings (SSSR count). The maximum Gasteiger partial charge on any atom is 0.0633 e. The topological polar surface area (TPSA) is 57.4 Å². The highest BCUT2D eigenvalue weighted by atomic mass is 35.5. The highest BCUT2D eigenvalue weighted by molar-refractivity contribution is 6.12. The molecule has 0 saturated heterocycles. The molecule has 0 radical (unpaired) electrons. The summed E-state index contributed by atoms with van der Waals surface area (Å²) in [6.45, 7) is 2.18. The number of fused-ring (bicyclic) bond motifs is 4. The van der Waals surface area contributed by atoms with Crippen LogP contribution in [-0.4, -0.2) is 33.5 Å². The second kappa shape index (κ2) is 7.49. The van der Waals surface area contributed by atoms with E-state index in [0.29, 0.717) is 6.54 Å². The third kappa shape index (κ3) is 3.42. The Morgan fingerprint density at radius 2 is 1.56 bits per heavy atom. The van der Waals surface area contributed by atoms with E-state index in [-0.39, 0.29) is 25.6 Å². The molecule has 0 atom stereocenters. The molecular weight excluding hydrogens is 360 g/mol. The minimum atomic E-state index is -0.700. The number of benzene rings is 3. The van der Waals surface area contributed by atoms with E-state index in [2.05, 4.69) is 71.7 Å². The Kier molecular flexibility index (Phi) is 5.45. The Labute approximate surface area is 164 Å². The lowest BCUT2D eigenvalue weighted by atomic mass is 9.96. The number of aromatic nitrogens is 1. The SMILES string of the molecule is Cl.Cn1ccc2cc(CNC(C)(CO)CO)c3cc4ccccc4cc3c21. The number of aliphatic hydroxyl groups is 2. The Morgan fingerprint density at radius 3 is 2.19 bits per heavy atom. The smallest absolute Gasteiger partial charge is 0.0633 e. The molecule has 0 saturated carbocycles. The van der Waals surface area contributed by atoms with Gasteiger partial charge in [0.25, 0.3) is 0 Å². The molecule has 0 aliphatic rings. The summed E-state index contributed by atoms with van der Waals surface area (Å²) < 4.78 is 2.16. The highest BCUT2D eigenvalue weighted by Crippen LogP contribution is 2.33. The van der Waals surface area contributed by atoms with E-state index < -0.39 is 5.54 Å². The summed E-state index contributed by atoms with van der Waals surface area (Å²) in [5.74, 6) is 0. The van der Waals surface area contributed by atoms with Gasteiger partial charge in [-0.1, -0.05) is 24.3 Å². The highest BCUT2D eigenvalue weighted by Gasteiger charge is 2.22. The largest absolute Gasteiger partial charge is 0.394 e. The van der Waals surface area contributed by atoms with E-state index in [1.54, 1.807) is 0 Å². The van der Waals surface area contributed by atoms with Gasteiger partial charge in [0, 0.05) is 30.6 Å². The van der Waals surface area contributed by atoms with Crippen LogP contribution in [-0.2, 0) is 13.6 Å². The molecule has 3 N–H and O–H groups in total. The first-order valence-electron chi connectivity index (χ1n) is 8.91. The van der Waals surface area contributed by atoms with Crippen LogP contribution < -0.4 is 5.32 Å². The van der Waals surface area contributed by atoms with Crippen molar-refractivity contribution in [3.05, 3.63) is 60.3 Å². The van der Waals surface area contributed by atoms with Gasteiger partial charge in [-0.25, -0.2) is 0 Å². The van der Waals surface area contributed by atoms with Crippen LogP contribution in [0.15, 0.2) is 54.7 Å². The van der Waals surface area contributed by atoms with Gasteiger partial charge in [-0.3, -0.25) is 0 Å². The first-order valence-corrected chi connectivity index (χ1v) is 8.91. The number of nitrogens with zero attached hydrogens (tertiary/aromatic N) is 1. The van der Waals surface area contributed by atoms with Crippen molar-refractivity contribution in [2.75, 3.05) is 13.2 Å². The lowest BCUT2D eigenvalue weighted by Gasteiger charge is -2.26. The molecule has 27 heavy (non-hydrogen) atoms. The first kappa shape index (κ1) is 19.6. The second-order valence-corrected chi connectivity index (χ2v) is 7.38. The van der Waals surface area contributed by atoms with Crippen LogP contribution in [0.3, 0.4) is 0 Å². The first-order chi connectivity index (χ1) is 12.5. The van der Waals surface area contributed by atoms with Crippen LogP contribution in [0.4, 0.5) is 0 Å². The molecule has 0 aliphatic carbocycles. The summed E-state index contributed by atoms with van der Waals surface area (Å²) >= 11 is 0. The normalized spacial score (nSPS) is 12.0. The monoisotopic (exact) mass is 384 g/mol. The average Bonchev–Trinajstić information content (AvgIpc) is 3.05. The van der Waals surface area contributed by atoms with Crippen molar-refractivity contribution in [3.63, 3.8) is 0 Å². The summed E-state index contributed by atoms with van der Waals surface area (Å²) in [5, 5.41) is 28.5. The van der Waals surface area contributed by atoms with Gasteiger partial charge >= 0.3 is 0 Å². The number of aliphatic hydroxyl groups excluding tert-OH is 2. The predicted octanol–water partition coefficient (Wildman–Crippen LogP) is 3.74. The van der Waals surface area contributed by atoms with E-state index >= 15 is 0 Å². The molecule has 0 unspecified atom stereocenters. The van der Waals surface area contributed by atoms with Crippen molar-refractivity contribution < 1.29 is 10.2 Å². The number of rotatable bonds is 5. The molecule has 0 fully saturated rings. The molecule has 142 valence electrons. The maximum atomic E-state index is 9.57. The van der Waals surface area contributed by atoms with Gasteiger partial charge in [0.15, 0.2) is 0 Å². The van der Waals surface area contributed by atoms with Crippen LogP contribution in [0, 0.1) is 0 Å². The quantitative estimate of drug-likeness (QED) is 0.459. The van der Waals surface area contributed by atoms with Gasteiger partial charge < -0.3 is 20.1 Å². The van der Waals surface area contributed by atoms with Crippen LogP contribution in [0.1, 0.15) is 12.5 Å². The number of hydrogen-bond acceptors (Lipinski definition) is 3. The Bertz CT molecular complexity index is 1100. The number of hydrogen-bond donors (Lipinski definition) is 3. The maximum absolute atomic E-state index is 9.57. The Morgan fingerprint density at radius 1 is 0.926 bits per heavy atom. The number of nitrogens with one attached hydrogen (secondary N) is 1. The van der Waals surface area contributed by atoms with Gasteiger partial charge in [-0.15, -0.1) is 12.4 Å². The van der Waals surface area contributed by atoms with E-state index in [0.717, 1.165) is 5.56 Å². The molecule has 0 bridgehead atoms. The molecule has 1 heterocycles. The van der Waals surface area contributed by atoms with E-state index in [1.807, 2.05) is 6.92 Å². The fourth-order valence-electron chi connectivity index (χ4n) is 3.60. The lowest BCUT2D eigenvalue weighted by Crippen LogP contribution is -2.48. The third-order valence-corrected chi connectivity index (χ3v) is 5.32. The zero-order chi connectivity index (χ0) is 18.3. The van der Waals surface area contributed by atoms with E-state index in [9.17, 15) is 10.2 Å². The van der Waals surface area contributed by atoms with Gasteiger partial charge in [-0.05, 0) is 52.9 Å². The van der Waals surface area contributed by atoms with E-state index in [1.165, 1.54) is 32.4 Å². The van der Waals surface area contributed by atoms with Crippen LogP contribution in [0.25, 0.3) is 32.4 Å². The summed E-state index contributed by atoms with van der Waals surface area (Å²) in [5.41, 5.74) is 1.69. The van der Waals surface area contributed by atoms with Crippen LogP contribution >= 0.6 is 12.4 Å². The Balaban J connectivity index is 0.00000210. The second-order valence-electron chi connectivity index (χ2n) is 7.38. The molecular formula is C22H25ClN2O2. The predicted molar refractivity (Wildman–Crippen MR) is 115 cm³/mol. The van der Waals surface area contributed by atoms with Crippen molar-refractivity contribution in [2.45, 2.75) is 19.0 Å². The molecule has 1 aromatic heterocycles. The molecule has 3 aromatic carbocycles. The Hall–Kier alpha value is -2.11. The van der Waals surface area contributed by atoms with Crippen LogP contribution in [0.5, 0.6) is 0 Å². The lowest BCUT2D eigenvalue weighted by molar-refractivity contribution is 0.103. The molecule has 0 aliphatic heterocycles. The van der Waals surface area contributed by atoms with Gasteiger partial charge in [-0.2, -0.15) is 0 Å². The molecule has 4 nitrogen and oxygen atoms in total. The minimum absolute atomic E-state index is 0. The zero-order valence-electron chi connectivity index (χ0n) is 15.6. The standard InChI is InChI=1S/C22H24N2O2.ClH/c1-22(13-25,14-26)23-12-18-9-17-7-8-24(2)21(17)20-11-16-6-4-3-5-15(16)10-19(18)20;/h3-11,23,25-26H,12-14H2,1-2H3;1H. The average molecular weight is 385 g/mol. The molecule has 0 amide bonds. The fraction of sp³-hybridized carbons (Fsp3) is 0.273. The van der Waals surface area contributed by atoms with Crippen molar-refractivity contribution in [1.29, 1.82) is 0 Å². The summed E-state index contributed by atoms with van der Waals surface area (Å²) in [7, 11) is 2.07. The molecule has 5 heteroatoms. The fourth-order valence-corrected chi connectivity index (χ4v) is 3.60. The third-order valence-electron chi connectivity index (χ3n) is 5.32. The number of aryl methyl sites for hydroxylation is 1. The summed E-state index contributed by atoms with van der Waals surface area (Å²) in [6, 6.07) is 17.2. The molecule has 0 spiro atoms. The summed E-state index contributed by atoms with van der Waals surface area (Å²) in [6.07, 6.45) is 2.09. The van der Waals surface area contributed by atoms with Crippen molar-refractivity contribution in [2.24, 2.45) is 7.05 Å². The zero-order valence-corrected chi connectivity index (χ0v) is 16.4. The van der Waals surface area contributed by atoms with Gasteiger partial charge in [0.1, 0.15) is 0 Å². The van der Waals surface area contributed by atoms with Gasteiger partial charge in [0.05, 0.1) is 24.3 Å². The van der Waals surface area contributed by atoms with E-state index in [4.69, 9.17) is 0 Å². The van der Waals surface area contributed by atoms with Gasteiger partial charge in [0.2, 0.25) is 0 Å². The van der Waals surface area contributed by atoms with Crippen molar-refractivity contribution >= 4 is 44.9 Å². The summed E-state index contributed by atoms with van der Waals surface area (Å²) in [4.78, 5) is 0. The van der Waals surface area contributed by atoms with Crippen molar-refractivity contribution in [3.8, 4) is 0 Å². The number of halogens is 1. The van der Waals surface area contributed by atoms with Crippen molar-refractivity contribution in [1.82, 2.24) is 9.88 Å². The minimum Gasteiger partial charge on any atom is -0.394 e.